The number of ether oxygens (including phenoxy) is 2. The minimum Gasteiger partial charge on any atom is -0.494 e. The molecule has 1 N–H and O–H groups in total. The fourth-order valence-electron chi connectivity index (χ4n) is 2.66. The highest BCUT2D eigenvalue weighted by Gasteiger charge is 2.32. The number of likely N-dealkylation sites (N-methyl/N-ethyl adjacent to an activating group) is 1. The van der Waals surface area contributed by atoms with Crippen molar-refractivity contribution in [3.05, 3.63) is 29.8 Å². The van der Waals surface area contributed by atoms with Gasteiger partial charge in [-0.3, -0.25) is 0 Å². The normalized spacial score (nSPS) is 24.4. The Kier molecular flexibility index (Phi) is 5.23. The van der Waals surface area contributed by atoms with Gasteiger partial charge in [-0.15, -0.1) is 0 Å². The molecule has 19 heavy (non-hydrogen) atoms. The first-order valence-electron chi connectivity index (χ1n) is 7.28. The summed E-state index contributed by atoms with van der Waals surface area (Å²) in [7, 11) is 2.00. The second kappa shape index (κ2) is 6.92. The Morgan fingerprint density at radius 3 is 2.63 bits per heavy atom. The lowest BCUT2D eigenvalue weighted by Crippen LogP contribution is -2.32. The molecule has 2 rings (SSSR count). The molecule has 0 spiro atoms. The van der Waals surface area contributed by atoms with E-state index in [0.29, 0.717) is 5.92 Å². The smallest absolute Gasteiger partial charge is 0.119 e. The quantitative estimate of drug-likeness (QED) is 0.855. The number of rotatable bonds is 6. The fraction of sp³-hybridized carbons (Fsp3) is 0.625. The number of benzene rings is 1. The molecule has 3 heteroatoms. The van der Waals surface area contributed by atoms with Gasteiger partial charge in [0, 0.05) is 6.61 Å². The van der Waals surface area contributed by atoms with Crippen LogP contribution in [0.3, 0.4) is 0 Å². The van der Waals surface area contributed by atoms with Crippen LogP contribution in [0.4, 0.5) is 0 Å². The van der Waals surface area contributed by atoms with Crippen molar-refractivity contribution >= 4 is 0 Å². The minimum absolute atomic E-state index is 0.262. The molecule has 1 heterocycles. The second-order valence-electron chi connectivity index (χ2n) is 5.29. The van der Waals surface area contributed by atoms with E-state index in [1.54, 1.807) is 0 Å². The van der Waals surface area contributed by atoms with Gasteiger partial charge in [-0.1, -0.05) is 26.0 Å². The Hall–Kier alpha value is -1.06. The molecule has 0 saturated carbocycles. The average molecular weight is 263 g/mol. The third kappa shape index (κ3) is 3.48. The predicted octanol–water partition coefficient (Wildman–Crippen LogP) is 3.16. The van der Waals surface area contributed by atoms with Crippen LogP contribution >= 0.6 is 0 Å². The van der Waals surface area contributed by atoms with Gasteiger partial charge in [0.05, 0.1) is 18.8 Å². The van der Waals surface area contributed by atoms with E-state index in [0.717, 1.165) is 31.8 Å². The van der Waals surface area contributed by atoms with Crippen LogP contribution in [0.15, 0.2) is 24.3 Å². The average Bonchev–Trinajstić information content (AvgIpc) is 2.85. The first-order chi connectivity index (χ1) is 9.26. The Morgan fingerprint density at radius 1 is 1.37 bits per heavy atom. The van der Waals surface area contributed by atoms with E-state index in [2.05, 4.69) is 43.4 Å². The van der Waals surface area contributed by atoms with Crippen molar-refractivity contribution in [3.8, 4) is 5.75 Å². The van der Waals surface area contributed by atoms with Crippen LogP contribution in [0.2, 0.25) is 0 Å². The van der Waals surface area contributed by atoms with E-state index >= 15 is 0 Å². The summed E-state index contributed by atoms with van der Waals surface area (Å²) in [6, 6.07) is 8.64. The summed E-state index contributed by atoms with van der Waals surface area (Å²) < 4.78 is 11.5. The van der Waals surface area contributed by atoms with Gasteiger partial charge in [-0.2, -0.15) is 0 Å². The Balaban J connectivity index is 2.06. The summed E-state index contributed by atoms with van der Waals surface area (Å²) in [5.41, 5.74) is 1.27. The topological polar surface area (TPSA) is 30.5 Å². The van der Waals surface area contributed by atoms with Crippen molar-refractivity contribution < 1.29 is 9.47 Å². The molecule has 1 fully saturated rings. The Labute approximate surface area is 116 Å². The van der Waals surface area contributed by atoms with Gasteiger partial charge in [0.25, 0.3) is 0 Å². The highest BCUT2D eigenvalue weighted by Crippen LogP contribution is 2.31. The van der Waals surface area contributed by atoms with Crippen molar-refractivity contribution in [2.24, 2.45) is 5.92 Å². The first kappa shape index (κ1) is 14.4. The number of hydrogen-bond donors (Lipinski definition) is 1. The minimum atomic E-state index is 0.262. The van der Waals surface area contributed by atoms with Crippen LogP contribution in [-0.2, 0) is 4.74 Å². The lowest BCUT2D eigenvalue weighted by molar-refractivity contribution is 0.0631. The van der Waals surface area contributed by atoms with Crippen LogP contribution in [0.25, 0.3) is 0 Å². The third-order valence-electron chi connectivity index (χ3n) is 3.80. The monoisotopic (exact) mass is 263 g/mol. The molecule has 1 aliphatic heterocycles. The van der Waals surface area contributed by atoms with E-state index in [4.69, 9.17) is 9.47 Å². The SMILES string of the molecule is CCCOc1ccc(C(NC)C2OCCC2C)cc1. The predicted molar refractivity (Wildman–Crippen MR) is 77.5 cm³/mol. The highest BCUT2D eigenvalue weighted by molar-refractivity contribution is 5.30. The summed E-state index contributed by atoms with van der Waals surface area (Å²) in [5, 5.41) is 3.39. The zero-order valence-corrected chi connectivity index (χ0v) is 12.2. The van der Waals surface area contributed by atoms with Crippen molar-refractivity contribution in [3.63, 3.8) is 0 Å². The molecule has 1 aliphatic rings. The fourth-order valence-corrected chi connectivity index (χ4v) is 2.66. The molecule has 0 amide bonds. The van der Waals surface area contributed by atoms with Crippen molar-refractivity contribution in [1.29, 1.82) is 0 Å². The lowest BCUT2D eigenvalue weighted by atomic mass is 9.92. The van der Waals surface area contributed by atoms with E-state index < -0.39 is 0 Å². The van der Waals surface area contributed by atoms with Gasteiger partial charge in [-0.05, 0) is 43.5 Å². The number of hydrogen-bond acceptors (Lipinski definition) is 3. The zero-order valence-electron chi connectivity index (χ0n) is 12.2. The van der Waals surface area contributed by atoms with Gasteiger partial charge in [-0.25, -0.2) is 0 Å². The van der Waals surface area contributed by atoms with Crippen molar-refractivity contribution in [2.75, 3.05) is 20.3 Å². The van der Waals surface area contributed by atoms with Crippen molar-refractivity contribution in [1.82, 2.24) is 5.32 Å². The largest absolute Gasteiger partial charge is 0.494 e. The summed E-state index contributed by atoms with van der Waals surface area (Å²) in [4.78, 5) is 0. The Morgan fingerprint density at radius 2 is 2.11 bits per heavy atom. The van der Waals surface area contributed by atoms with Crippen LogP contribution < -0.4 is 10.1 Å². The molecule has 106 valence electrons. The van der Waals surface area contributed by atoms with E-state index in [1.165, 1.54) is 5.56 Å². The molecule has 1 aromatic carbocycles. The van der Waals surface area contributed by atoms with Gasteiger partial charge < -0.3 is 14.8 Å². The summed E-state index contributed by atoms with van der Waals surface area (Å²) in [6.45, 7) is 6.03. The molecule has 3 nitrogen and oxygen atoms in total. The molecule has 0 radical (unpaired) electrons. The third-order valence-corrected chi connectivity index (χ3v) is 3.80. The second-order valence-corrected chi connectivity index (χ2v) is 5.29. The summed E-state index contributed by atoms with van der Waals surface area (Å²) in [6.07, 6.45) is 2.46. The van der Waals surface area contributed by atoms with Gasteiger partial charge in [0.2, 0.25) is 0 Å². The lowest BCUT2D eigenvalue weighted by Gasteiger charge is -2.26. The summed E-state index contributed by atoms with van der Waals surface area (Å²) >= 11 is 0. The van der Waals surface area contributed by atoms with Crippen LogP contribution in [0.1, 0.15) is 38.3 Å². The van der Waals surface area contributed by atoms with E-state index in [1.807, 2.05) is 7.05 Å². The highest BCUT2D eigenvalue weighted by atomic mass is 16.5. The molecule has 3 atom stereocenters. The van der Waals surface area contributed by atoms with Gasteiger partial charge in [0.15, 0.2) is 0 Å². The molecule has 3 unspecified atom stereocenters. The maximum Gasteiger partial charge on any atom is 0.119 e. The van der Waals surface area contributed by atoms with Crippen LogP contribution in [0, 0.1) is 5.92 Å². The van der Waals surface area contributed by atoms with Gasteiger partial charge >= 0.3 is 0 Å². The first-order valence-corrected chi connectivity index (χ1v) is 7.28. The maximum atomic E-state index is 5.87. The molecule has 0 bridgehead atoms. The van der Waals surface area contributed by atoms with Crippen molar-refractivity contribution in [2.45, 2.75) is 38.8 Å². The Bertz CT molecular complexity index is 377. The van der Waals surface area contributed by atoms with E-state index in [-0.39, 0.29) is 12.1 Å². The maximum absolute atomic E-state index is 5.87. The molecule has 1 aromatic rings. The zero-order chi connectivity index (χ0) is 13.7. The van der Waals surface area contributed by atoms with Gasteiger partial charge in [0.1, 0.15) is 5.75 Å². The molecule has 0 aromatic heterocycles. The molecule has 0 aliphatic carbocycles. The molecular formula is C16H25NO2. The summed E-state index contributed by atoms with van der Waals surface area (Å²) in [5.74, 6) is 1.55. The standard InChI is InChI=1S/C16H25NO2/c1-4-10-18-14-7-5-13(6-8-14)15(17-3)16-12(2)9-11-19-16/h5-8,12,15-17H,4,9-11H2,1-3H3. The molecular weight excluding hydrogens is 238 g/mol. The van der Waals surface area contributed by atoms with Crippen LogP contribution in [0.5, 0.6) is 5.75 Å². The van der Waals surface area contributed by atoms with Crippen LogP contribution in [-0.4, -0.2) is 26.4 Å². The number of nitrogens with one attached hydrogen (secondary N) is 1. The van der Waals surface area contributed by atoms with E-state index in [9.17, 15) is 0 Å². The molecule has 1 saturated heterocycles.